The molecule has 0 aromatic carbocycles. The minimum absolute atomic E-state index is 0.108. The number of imidazole rings is 1. The van der Waals surface area contributed by atoms with Gasteiger partial charge in [-0.25, -0.2) is 9.78 Å². The normalized spacial score (nSPS) is 11.1. The van der Waals surface area contributed by atoms with E-state index in [0.717, 1.165) is 12.8 Å². The maximum Gasteiger partial charge on any atom is 0.332 e. The van der Waals surface area contributed by atoms with Crippen LogP contribution in [0.5, 0.6) is 0 Å². The number of nitrogens with zero attached hydrogens (tertiary/aromatic N) is 3. The Kier molecular flexibility index (Phi) is 5.36. The van der Waals surface area contributed by atoms with Crippen LogP contribution < -0.4 is 16.6 Å². The van der Waals surface area contributed by atoms with Crippen LogP contribution in [0.2, 0.25) is 0 Å². The number of fused-ring (bicyclic) bond motifs is 1. The molecule has 0 fully saturated rings. The Labute approximate surface area is 133 Å². The SMILES string of the molecule is CCCCn1c(=O)n(CCCC(=O)NC)c(=O)c2[nH]c(C)nc21. The van der Waals surface area contributed by atoms with E-state index in [2.05, 4.69) is 15.3 Å². The molecule has 0 bridgehead atoms. The first-order valence-electron chi connectivity index (χ1n) is 7.90. The first kappa shape index (κ1) is 17.0. The summed E-state index contributed by atoms with van der Waals surface area (Å²) >= 11 is 0. The van der Waals surface area contributed by atoms with Crippen LogP contribution in [0.25, 0.3) is 11.2 Å². The summed E-state index contributed by atoms with van der Waals surface area (Å²) in [6, 6.07) is 0. The van der Waals surface area contributed by atoms with Gasteiger partial charge in [-0.05, 0) is 19.8 Å². The zero-order valence-corrected chi connectivity index (χ0v) is 13.8. The van der Waals surface area contributed by atoms with E-state index in [1.54, 1.807) is 18.5 Å². The maximum absolute atomic E-state index is 12.6. The molecule has 2 aromatic rings. The summed E-state index contributed by atoms with van der Waals surface area (Å²) < 4.78 is 2.74. The lowest BCUT2D eigenvalue weighted by Crippen LogP contribution is -2.40. The topological polar surface area (TPSA) is 102 Å². The van der Waals surface area contributed by atoms with Crippen molar-refractivity contribution in [1.29, 1.82) is 0 Å². The first-order valence-corrected chi connectivity index (χ1v) is 7.90. The molecule has 0 aliphatic carbocycles. The van der Waals surface area contributed by atoms with Gasteiger partial charge in [0.15, 0.2) is 5.65 Å². The second-order valence-electron chi connectivity index (χ2n) is 5.54. The van der Waals surface area contributed by atoms with Gasteiger partial charge in [0.2, 0.25) is 5.91 Å². The molecule has 0 spiro atoms. The van der Waals surface area contributed by atoms with Crippen molar-refractivity contribution in [3.63, 3.8) is 0 Å². The summed E-state index contributed by atoms with van der Waals surface area (Å²) in [7, 11) is 1.56. The van der Waals surface area contributed by atoms with Gasteiger partial charge in [-0.2, -0.15) is 0 Å². The Hall–Kier alpha value is -2.38. The van der Waals surface area contributed by atoms with Crippen LogP contribution in [0.15, 0.2) is 9.59 Å². The maximum atomic E-state index is 12.6. The Morgan fingerprint density at radius 1 is 1.22 bits per heavy atom. The van der Waals surface area contributed by atoms with Crippen LogP contribution in [-0.2, 0) is 17.9 Å². The number of carbonyl (C=O) groups excluding carboxylic acids is 1. The minimum atomic E-state index is -0.379. The fourth-order valence-electron chi connectivity index (χ4n) is 2.52. The number of carbonyl (C=O) groups is 1. The second kappa shape index (κ2) is 7.26. The van der Waals surface area contributed by atoms with Crippen LogP contribution >= 0.6 is 0 Å². The molecule has 8 nitrogen and oxygen atoms in total. The predicted octanol–water partition coefficient (Wildman–Crippen LogP) is 0.521. The number of aryl methyl sites for hydroxylation is 2. The third-order valence-corrected chi connectivity index (χ3v) is 3.78. The van der Waals surface area contributed by atoms with E-state index >= 15 is 0 Å². The van der Waals surface area contributed by atoms with E-state index in [0.29, 0.717) is 30.0 Å². The number of unbranched alkanes of at least 4 members (excludes halogenated alkanes) is 1. The number of amides is 1. The number of nitrogens with one attached hydrogen (secondary N) is 2. The molecule has 0 radical (unpaired) electrons. The van der Waals surface area contributed by atoms with Crippen LogP contribution in [0.3, 0.4) is 0 Å². The fraction of sp³-hybridized carbons (Fsp3) is 0.600. The third kappa shape index (κ3) is 3.52. The molecule has 0 aliphatic rings. The highest BCUT2D eigenvalue weighted by molar-refractivity contribution is 5.75. The molecule has 126 valence electrons. The highest BCUT2D eigenvalue weighted by atomic mass is 16.2. The molecule has 0 saturated heterocycles. The predicted molar refractivity (Wildman–Crippen MR) is 87.6 cm³/mol. The number of hydrogen-bond acceptors (Lipinski definition) is 4. The second-order valence-corrected chi connectivity index (χ2v) is 5.54. The third-order valence-electron chi connectivity index (χ3n) is 3.78. The summed E-state index contributed by atoms with van der Waals surface area (Å²) in [5, 5.41) is 2.53. The van der Waals surface area contributed by atoms with Crippen molar-refractivity contribution >= 4 is 17.1 Å². The highest BCUT2D eigenvalue weighted by Crippen LogP contribution is 2.06. The van der Waals surface area contributed by atoms with E-state index in [1.165, 1.54) is 4.57 Å². The van der Waals surface area contributed by atoms with Gasteiger partial charge in [-0.15, -0.1) is 0 Å². The lowest BCUT2D eigenvalue weighted by molar-refractivity contribution is -0.120. The highest BCUT2D eigenvalue weighted by Gasteiger charge is 2.16. The number of rotatable bonds is 7. The molecule has 2 aromatic heterocycles. The minimum Gasteiger partial charge on any atom is -0.359 e. The number of hydrogen-bond donors (Lipinski definition) is 2. The van der Waals surface area contributed by atoms with Crippen molar-refractivity contribution in [2.75, 3.05) is 7.05 Å². The zero-order valence-electron chi connectivity index (χ0n) is 13.8. The molecule has 2 heterocycles. The van der Waals surface area contributed by atoms with Gasteiger partial charge in [0.1, 0.15) is 11.3 Å². The van der Waals surface area contributed by atoms with Gasteiger partial charge in [0, 0.05) is 26.6 Å². The van der Waals surface area contributed by atoms with Gasteiger partial charge in [-0.3, -0.25) is 18.7 Å². The smallest absolute Gasteiger partial charge is 0.332 e. The molecular formula is C15H23N5O3. The number of aromatic nitrogens is 4. The molecule has 8 heteroatoms. The molecule has 23 heavy (non-hydrogen) atoms. The zero-order chi connectivity index (χ0) is 17.0. The lowest BCUT2D eigenvalue weighted by Gasteiger charge is -2.10. The molecule has 0 atom stereocenters. The van der Waals surface area contributed by atoms with E-state index in [1.807, 2.05) is 6.92 Å². The van der Waals surface area contributed by atoms with Gasteiger partial charge >= 0.3 is 5.69 Å². The van der Waals surface area contributed by atoms with Crippen molar-refractivity contribution in [2.45, 2.75) is 52.6 Å². The van der Waals surface area contributed by atoms with Crippen LogP contribution in [0, 0.1) is 6.92 Å². The standard InChI is InChI=1S/C15H23N5O3/c1-4-5-8-19-13-12(17-10(2)18-13)14(22)20(15(19)23)9-6-7-11(21)16-3/h4-9H2,1-3H3,(H,16,21)(H,17,18). The molecule has 0 aliphatic heterocycles. The summed E-state index contributed by atoms with van der Waals surface area (Å²) in [5.74, 6) is 0.493. The van der Waals surface area contributed by atoms with Crippen molar-refractivity contribution in [2.24, 2.45) is 0 Å². The van der Waals surface area contributed by atoms with E-state index < -0.39 is 0 Å². The lowest BCUT2D eigenvalue weighted by atomic mass is 10.3. The van der Waals surface area contributed by atoms with Crippen molar-refractivity contribution in [1.82, 2.24) is 24.4 Å². The van der Waals surface area contributed by atoms with Gasteiger partial charge in [0.05, 0.1) is 0 Å². The molecule has 0 unspecified atom stereocenters. The van der Waals surface area contributed by atoms with E-state index in [4.69, 9.17) is 0 Å². The molecular weight excluding hydrogens is 298 g/mol. The van der Waals surface area contributed by atoms with Crippen molar-refractivity contribution in [3.8, 4) is 0 Å². The monoisotopic (exact) mass is 321 g/mol. The van der Waals surface area contributed by atoms with Gasteiger partial charge in [-0.1, -0.05) is 13.3 Å². The largest absolute Gasteiger partial charge is 0.359 e. The summed E-state index contributed by atoms with van der Waals surface area (Å²) in [4.78, 5) is 43.7. The van der Waals surface area contributed by atoms with E-state index in [-0.39, 0.29) is 30.1 Å². The van der Waals surface area contributed by atoms with Crippen molar-refractivity contribution < 1.29 is 4.79 Å². The fourth-order valence-corrected chi connectivity index (χ4v) is 2.52. The summed E-state index contributed by atoms with van der Waals surface area (Å²) in [6.07, 6.45) is 2.48. The Morgan fingerprint density at radius 3 is 2.57 bits per heavy atom. The van der Waals surface area contributed by atoms with Crippen LogP contribution in [0.1, 0.15) is 38.4 Å². The van der Waals surface area contributed by atoms with Gasteiger partial charge < -0.3 is 10.3 Å². The molecule has 1 amide bonds. The van der Waals surface area contributed by atoms with Gasteiger partial charge in [0.25, 0.3) is 5.56 Å². The Bertz CT molecular complexity index is 815. The van der Waals surface area contributed by atoms with E-state index in [9.17, 15) is 14.4 Å². The van der Waals surface area contributed by atoms with Crippen molar-refractivity contribution in [3.05, 3.63) is 26.7 Å². The Balaban J connectivity index is 2.45. The number of aromatic amines is 1. The molecule has 0 saturated carbocycles. The van der Waals surface area contributed by atoms with Crippen LogP contribution in [0.4, 0.5) is 0 Å². The number of H-pyrrole nitrogens is 1. The average molecular weight is 321 g/mol. The Morgan fingerprint density at radius 2 is 1.91 bits per heavy atom. The molecule has 2 N–H and O–H groups in total. The van der Waals surface area contributed by atoms with Crippen LogP contribution in [-0.4, -0.2) is 32.1 Å². The molecule has 2 rings (SSSR count). The summed E-state index contributed by atoms with van der Waals surface area (Å²) in [6.45, 7) is 4.53. The quantitative estimate of drug-likeness (QED) is 0.776. The average Bonchev–Trinajstić information content (AvgIpc) is 2.92. The first-order chi connectivity index (χ1) is 11.0. The summed E-state index contributed by atoms with van der Waals surface area (Å²) in [5.41, 5.74) is 0.0151.